The van der Waals surface area contributed by atoms with Gasteiger partial charge in [-0.05, 0) is 31.5 Å². The Morgan fingerprint density at radius 2 is 2.09 bits per heavy atom. The Morgan fingerprint density at radius 3 is 2.70 bits per heavy atom. The van der Waals surface area contributed by atoms with Crippen molar-refractivity contribution in [1.82, 2.24) is 5.32 Å². The first-order chi connectivity index (χ1) is 10.9. The van der Waals surface area contributed by atoms with E-state index >= 15 is 0 Å². The molecule has 0 aliphatic heterocycles. The lowest BCUT2D eigenvalue weighted by Crippen LogP contribution is -2.38. The van der Waals surface area contributed by atoms with E-state index in [-0.39, 0.29) is 12.3 Å². The standard InChI is InChI=1S/C16H22BrNO5/c1-3-22-7-8-23-11(2)16(21)18-14(10-15(19)20)12-5-4-6-13(17)9-12/h4-6,9,11,14H,3,7-8,10H2,1-2H3,(H,18,21)(H,19,20). The Hall–Kier alpha value is -1.44. The molecule has 0 radical (unpaired) electrons. The van der Waals surface area contributed by atoms with Crippen LogP contribution in [0.15, 0.2) is 28.7 Å². The average Bonchev–Trinajstić information content (AvgIpc) is 2.50. The molecule has 0 heterocycles. The molecule has 2 N–H and O–H groups in total. The van der Waals surface area contributed by atoms with E-state index < -0.39 is 18.1 Å². The second-order valence-electron chi connectivity index (χ2n) is 4.92. The Balaban J connectivity index is 2.65. The minimum atomic E-state index is -0.986. The van der Waals surface area contributed by atoms with E-state index in [9.17, 15) is 9.59 Å². The summed E-state index contributed by atoms with van der Waals surface area (Å²) in [5.41, 5.74) is 0.719. The molecule has 0 saturated heterocycles. The lowest BCUT2D eigenvalue weighted by Gasteiger charge is -2.20. The number of ether oxygens (including phenoxy) is 2. The number of nitrogens with one attached hydrogen (secondary N) is 1. The van der Waals surface area contributed by atoms with Gasteiger partial charge in [-0.15, -0.1) is 0 Å². The number of hydrogen-bond acceptors (Lipinski definition) is 4. The van der Waals surface area contributed by atoms with Crippen molar-refractivity contribution in [2.75, 3.05) is 19.8 Å². The maximum atomic E-state index is 12.2. The topological polar surface area (TPSA) is 84.9 Å². The van der Waals surface area contributed by atoms with Crippen LogP contribution < -0.4 is 5.32 Å². The van der Waals surface area contributed by atoms with Crippen molar-refractivity contribution in [3.63, 3.8) is 0 Å². The predicted octanol–water partition coefficient (Wildman–Crippen LogP) is 2.52. The second kappa shape index (κ2) is 10.4. The third kappa shape index (κ3) is 7.58. The van der Waals surface area contributed by atoms with Gasteiger partial charge in [-0.25, -0.2) is 0 Å². The van der Waals surface area contributed by atoms with Gasteiger partial charge < -0.3 is 19.9 Å². The fourth-order valence-corrected chi connectivity index (χ4v) is 2.36. The number of rotatable bonds is 10. The summed E-state index contributed by atoms with van der Waals surface area (Å²) in [6, 6.07) is 6.58. The largest absolute Gasteiger partial charge is 0.481 e. The van der Waals surface area contributed by atoms with Gasteiger partial charge in [-0.2, -0.15) is 0 Å². The number of hydrogen-bond donors (Lipinski definition) is 2. The molecule has 2 atom stereocenters. The number of carboxylic acid groups (broad SMARTS) is 1. The first kappa shape index (κ1) is 19.6. The van der Waals surface area contributed by atoms with E-state index in [2.05, 4.69) is 21.2 Å². The Morgan fingerprint density at radius 1 is 1.35 bits per heavy atom. The van der Waals surface area contributed by atoms with E-state index in [1.807, 2.05) is 13.0 Å². The van der Waals surface area contributed by atoms with Crippen LogP contribution in [-0.2, 0) is 19.1 Å². The molecular weight excluding hydrogens is 366 g/mol. The van der Waals surface area contributed by atoms with Gasteiger partial charge in [0.25, 0.3) is 0 Å². The molecule has 1 rings (SSSR count). The van der Waals surface area contributed by atoms with Crippen molar-refractivity contribution in [3.8, 4) is 0 Å². The number of carbonyl (C=O) groups excluding carboxylic acids is 1. The van der Waals surface area contributed by atoms with Crippen molar-refractivity contribution < 1.29 is 24.2 Å². The molecule has 6 nitrogen and oxygen atoms in total. The van der Waals surface area contributed by atoms with Crippen LogP contribution in [0, 0.1) is 0 Å². The molecule has 0 bridgehead atoms. The molecule has 0 aromatic heterocycles. The Bertz CT molecular complexity index is 523. The van der Waals surface area contributed by atoms with Crippen LogP contribution in [0.25, 0.3) is 0 Å². The highest BCUT2D eigenvalue weighted by molar-refractivity contribution is 9.10. The fourth-order valence-electron chi connectivity index (χ4n) is 1.94. The van der Waals surface area contributed by atoms with E-state index in [1.165, 1.54) is 0 Å². The number of carbonyl (C=O) groups is 2. The molecule has 2 unspecified atom stereocenters. The summed E-state index contributed by atoms with van der Waals surface area (Å²) >= 11 is 3.34. The van der Waals surface area contributed by atoms with E-state index in [0.29, 0.717) is 19.8 Å². The third-order valence-electron chi connectivity index (χ3n) is 3.12. The highest BCUT2D eigenvalue weighted by Crippen LogP contribution is 2.21. The normalized spacial score (nSPS) is 13.3. The van der Waals surface area contributed by atoms with Crippen LogP contribution in [0.1, 0.15) is 31.9 Å². The van der Waals surface area contributed by atoms with Gasteiger partial charge >= 0.3 is 5.97 Å². The lowest BCUT2D eigenvalue weighted by atomic mass is 10.0. The summed E-state index contributed by atoms with van der Waals surface area (Å²) in [5.74, 6) is -1.34. The number of halogens is 1. The molecule has 0 saturated carbocycles. The number of carboxylic acids is 1. The number of amides is 1. The maximum Gasteiger partial charge on any atom is 0.305 e. The van der Waals surface area contributed by atoms with Crippen LogP contribution in [0.5, 0.6) is 0 Å². The van der Waals surface area contributed by atoms with Gasteiger partial charge in [0.2, 0.25) is 5.91 Å². The zero-order valence-electron chi connectivity index (χ0n) is 13.3. The molecule has 7 heteroatoms. The van der Waals surface area contributed by atoms with Crippen molar-refractivity contribution in [3.05, 3.63) is 34.3 Å². The molecule has 0 fully saturated rings. The van der Waals surface area contributed by atoms with Crippen molar-refractivity contribution in [2.24, 2.45) is 0 Å². The van der Waals surface area contributed by atoms with Crippen molar-refractivity contribution in [2.45, 2.75) is 32.4 Å². The van der Waals surface area contributed by atoms with Crippen LogP contribution in [0.3, 0.4) is 0 Å². The molecule has 0 aliphatic rings. The summed E-state index contributed by atoms with van der Waals surface area (Å²) < 4.78 is 11.3. The van der Waals surface area contributed by atoms with Gasteiger partial charge in [-0.3, -0.25) is 9.59 Å². The lowest BCUT2D eigenvalue weighted by molar-refractivity contribution is -0.138. The van der Waals surface area contributed by atoms with Crippen LogP contribution >= 0.6 is 15.9 Å². The van der Waals surface area contributed by atoms with Gasteiger partial charge in [-0.1, -0.05) is 28.1 Å². The molecule has 1 amide bonds. The smallest absolute Gasteiger partial charge is 0.305 e. The van der Waals surface area contributed by atoms with Crippen LogP contribution in [-0.4, -0.2) is 42.9 Å². The summed E-state index contributed by atoms with van der Waals surface area (Å²) in [6.45, 7) is 4.82. The van der Waals surface area contributed by atoms with Crippen molar-refractivity contribution >= 4 is 27.8 Å². The number of aliphatic carboxylic acids is 1. The molecule has 1 aromatic rings. The van der Waals surface area contributed by atoms with Gasteiger partial charge in [0.1, 0.15) is 6.10 Å². The molecule has 0 spiro atoms. The first-order valence-corrected chi connectivity index (χ1v) is 8.20. The highest BCUT2D eigenvalue weighted by Gasteiger charge is 2.21. The minimum Gasteiger partial charge on any atom is -0.481 e. The summed E-state index contributed by atoms with van der Waals surface area (Å²) in [4.78, 5) is 23.2. The van der Waals surface area contributed by atoms with E-state index in [0.717, 1.165) is 10.0 Å². The fraction of sp³-hybridized carbons (Fsp3) is 0.500. The van der Waals surface area contributed by atoms with Crippen LogP contribution in [0.2, 0.25) is 0 Å². The van der Waals surface area contributed by atoms with E-state index in [4.69, 9.17) is 14.6 Å². The SMILES string of the molecule is CCOCCOC(C)C(=O)NC(CC(=O)O)c1cccc(Br)c1. The predicted molar refractivity (Wildman–Crippen MR) is 89.2 cm³/mol. The van der Waals surface area contributed by atoms with Gasteiger partial charge in [0.15, 0.2) is 0 Å². The van der Waals surface area contributed by atoms with E-state index in [1.54, 1.807) is 25.1 Å². The molecular formula is C16H22BrNO5. The molecule has 1 aromatic carbocycles. The second-order valence-corrected chi connectivity index (χ2v) is 5.84. The monoisotopic (exact) mass is 387 g/mol. The quantitative estimate of drug-likeness (QED) is 0.602. The minimum absolute atomic E-state index is 0.201. The van der Waals surface area contributed by atoms with Crippen molar-refractivity contribution in [1.29, 1.82) is 0 Å². The molecule has 0 aliphatic carbocycles. The van der Waals surface area contributed by atoms with Gasteiger partial charge in [0.05, 0.1) is 25.7 Å². The Kier molecular flexibility index (Phi) is 8.83. The summed E-state index contributed by atoms with van der Waals surface area (Å²) in [5, 5.41) is 11.8. The molecule has 128 valence electrons. The van der Waals surface area contributed by atoms with Crippen LogP contribution in [0.4, 0.5) is 0 Å². The van der Waals surface area contributed by atoms with Gasteiger partial charge in [0, 0.05) is 11.1 Å². The third-order valence-corrected chi connectivity index (χ3v) is 3.61. The first-order valence-electron chi connectivity index (χ1n) is 7.41. The average molecular weight is 388 g/mol. The number of benzene rings is 1. The Labute approximate surface area is 144 Å². The highest BCUT2D eigenvalue weighted by atomic mass is 79.9. The maximum absolute atomic E-state index is 12.2. The zero-order valence-corrected chi connectivity index (χ0v) is 14.8. The zero-order chi connectivity index (χ0) is 17.2. The summed E-state index contributed by atoms with van der Waals surface area (Å²) in [6.07, 6.45) is -0.882. The molecule has 23 heavy (non-hydrogen) atoms. The summed E-state index contributed by atoms with van der Waals surface area (Å²) in [7, 11) is 0.